The zero-order chi connectivity index (χ0) is 9.52. The van der Waals surface area contributed by atoms with Crippen molar-refractivity contribution in [2.24, 2.45) is 0 Å². The van der Waals surface area contributed by atoms with Crippen LogP contribution < -0.4 is 5.32 Å². The molecule has 1 N–H and O–H groups in total. The fourth-order valence-electron chi connectivity index (χ4n) is 1.27. The second-order valence-electron chi connectivity index (χ2n) is 2.88. The van der Waals surface area contributed by atoms with Gasteiger partial charge in [-0.15, -0.1) is 6.58 Å². The van der Waals surface area contributed by atoms with Gasteiger partial charge >= 0.3 is 0 Å². The summed E-state index contributed by atoms with van der Waals surface area (Å²) in [5, 5.41) is 10.8. The molecule has 1 rings (SSSR count). The first-order valence-electron chi connectivity index (χ1n) is 4.43. The molecule has 0 aliphatic rings. The quantitative estimate of drug-likeness (QED) is 0.696. The van der Waals surface area contributed by atoms with Gasteiger partial charge in [0, 0.05) is 12.2 Å². The van der Waals surface area contributed by atoms with Crippen LogP contribution in [-0.2, 0) is 0 Å². The molecule has 0 aliphatic carbocycles. The van der Waals surface area contributed by atoms with Gasteiger partial charge in [0.25, 0.3) is 0 Å². The second-order valence-corrected chi connectivity index (χ2v) is 2.88. The highest BCUT2D eigenvalue weighted by atomic mass is 15.1. The van der Waals surface area contributed by atoms with Crippen LogP contribution in [0, 0.1) is 0 Å². The van der Waals surface area contributed by atoms with Crippen molar-refractivity contribution in [3.8, 4) is 0 Å². The van der Waals surface area contributed by atoms with Crippen LogP contribution in [0.15, 0.2) is 31.1 Å². The summed E-state index contributed by atoms with van der Waals surface area (Å²) in [7, 11) is 1.95. The Kier molecular flexibility index (Phi) is 4.12. The van der Waals surface area contributed by atoms with Gasteiger partial charge in [0.05, 0.1) is 6.20 Å². The van der Waals surface area contributed by atoms with E-state index in [2.05, 4.69) is 22.1 Å². The van der Waals surface area contributed by atoms with Crippen LogP contribution in [0.5, 0.6) is 0 Å². The van der Waals surface area contributed by atoms with Crippen LogP contribution in [0.25, 0.3) is 0 Å². The van der Waals surface area contributed by atoms with E-state index in [-0.39, 0.29) is 0 Å². The van der Waals surface area contributed by atoms with E-state index in [1.54, 1.807) is 12.4 Å². The van der Waals surface area contributed by atoms with Gasteiger partial charge in [-0.25, -0.2) is 0 Å². The lowest BCUT2D eigenvalue weighted by atomic mass is 10.1. The Bertz CT molecular complexity index is 246. The SMILES string of the molecule is C=CCCC(NC)c1ccnnc1. The summed E-state index contributed by atoms with van der Waals surface area (Å²) in [6.07, 6.45) is 7.50. The van der Waals surface area contributed by atoms with E-state index in [4.69, 9.17) is 0 Å². The lowest BCUT2D eigenvalue weighted by Crippen LogP contribution is -2.16. The normalized spacial score (nSPS) is 12.4. The largest absolute Gasteiger partial charge is 0.313 e. The smallest absolute Gasteiger partial charge is 0.0544 e. The van der Waals surface area contributed by atoms with Gasteiger partial charge in [-0.1, -0.05) is 6.08 Å². The molecular weight excluding hydrogens is 162 g/mol. The van der Waals surface area contributed by atoms with Gasteiger partial charge in [-0.2, -0.15) is 10.2 Å². The Morgan fingerprint density at radius 3 is 3.00 bits per heavy atom. The molecule has 3 heteroatoms. The Morgan fingerprint density at radius 1 is 1.62 bits per heavy atom. The van der Waals surface area contributed by atoms with E-state index in [9.17, 15) is 0 Å². The Balaban J connectivity index is 2.61. The molecule has 1 atom stereocenters. The van der Waals surface area contributed by atoms with E-state index in [1.165, 1.54) is 5.56 Å². The van der Waals surface area contributed by atoms with Crippen molar-refractivity contribution in [1.82, 2.24) is 15.5 Å². The van der Waals surface area contributed by atoms with Crippen LogP contribution in [0.3, 0.4) is 0 Å². The van der Waals surface area contributed by atoms with E-state index < -0.39 is 0 Å². The minimum absolute atomic E-state index is 0.355. The van der Waals surface area contributed by atoms with Crippen molar-refractivity contribution in [2.45, 2.75) is 18.9 Å². The minimum Gasteiger partial charge on any atom is -0.313 e. The third-order valence-corrected chi connectivity index (χ3v) is 2.02. The molecule has 0 amide bonds. The summed E-state index contributed by atoms with van der Waals surface area (Å²) in [5.74, 6) is 0. The average molecular weight is 177 g/mol. The maximum atomic E-state index is 3.85. The molecule has 0 aliphatic heterocycles. The van der Waals surface area contributed by atoms with Crippen LogP contribution in [-0.4, -0.2) is 17.2 Å². The summed E-state index contributed by atoms with van der Waals surface area (Å²) < 4.78 is 0. The highest BCUT2D eigenvalue weighted by molar-refractivity contribution is 5.11. The van der Waals surface area contributed by atoms with Crippen molar-refractivity contribution >= 4 is 0 Å². The molecule has 13 heavy (non-hydrogen) atoms. The molecule has 0 saturated carbocycles. The average Bonchev–Trinajstić information content (AvgIpc) is 2.21. The number of rotatable bonds is 5. The van der Waals surface area contributed by atoms with Gasteiger partial charge in [0.1, 0.15) is 0 Å². The molecule has 0 aromatic carbocycles. The number of hydrogen-bond acceptors (Lipinski definition) is 3. The highest BCUT2D eigenvalue weighted by Gasteiger charge is 2.07. The minimum atomic E-state index is 0.355. The first kappa shape index (κ1) is 9.86. The molecule has 0 radical (unpaired) electrons. The van der Waals surface area contributed by atoms with Gasteiger partial charge in [0.15, 0.2) is 0 Å². The lowest BCUT2D eigenvalue weighted by Gasteiger charge is -2.14. The third kappa shape index (κ3) is 2.95. The number of nitrogens with one attached hydrogen (secondary N) is 1. The van der Waals surface area contributed by atoms with Crippen molar-refractivity contribution in [2.75, 3.05) is 7.05 Å². The van der Waals surface area contributed by atoms with E-state index in [0.717, 1.165) is 12.8 Å². The first-order chi connectivity index (χ1) is 6.38. The van der Waals surface area contributed by atoms with Gasteiger partial charge < -0.3 is 5.32 Å². The van der Waals surface area contributed by atoms with Crippen molar-refractivity contribution in [3.63, 3.8) is 0 Å². The monoisotopic (exact) mass is 177 g/mol. The number of allylic oxidation sites excluding steroid dienone is 1. The maximum Gasteiger partial charge on any atom is 0.0544 e. The standard InChI is InChI=1S/C10H15N3/c1-3-4-5-10(11-2)9-6-7-12-13-8-9/h3,6-8,10-11H,1,4-5H2,2H3. The lowest BCUT2D eigenvalue weighted by molar-refractivity contribution is 0.551. The second kappa shape index (κ2) is 5.43. The van der Waals surface area contributed by atoms with Crippen molar-refractivity contribution < 1.29 is 0 Å². The fourth-order valence-corrected chi connectivity index (χ4v) is 1.27. The van der Waals surface area contributed by atoms with Gasteiger partial charge in [-0.3, -0.25) is 0 Å². The van der Waals surface area contributed by atoms with Crippen LogP contribution in [0.2, 0.25) is 0 Å². The predicted octanol–water partition coefficient (Wildman–Crippen LogP) is 1.70. The van der Waals surface area contributed by atoms with Crippen molar-refractivity contribution in [1.29, 1.82) is 0 Å². The van der Waals surface area contributed by atoms with Crippen LogP contribution in [0.1, 0.15) is 24.4 Å². The number of hydrogen-bond donors (Lipinski definition) is 1. The molecule has 0 fully saturated rings. The van der Waals surface area contributed by atoms with Gasteiger partial charge in [0.2, 0.25) is 0 Å². The number of aromatic nitrogens is 2. The molecule has 70 valence electrons. The Morgan fingerprint density at radius 2 is 2.46 bits per heavy atom. The summed E-state index contributed by atoms with van der Waals surface area (Å²) in [5.41, 5.74) is 1.18. The van der Waals surface area contributed by atoms with Crippen LogP contribution in [0.4, 0.5) is 0 Å². The molecule has 0 bridgehead atoms. The molecule has 1 aromatic rings. The molecular formula is C10H15N3. The summed E-state index contributed by atoms with van der Waals surface area (Å²) >= 11 is 0. The Hall–Kier alpha value is -1.22. The maximum absolute atomic E-state index is 3.85. The molecule has 3 nitrogen and oxygen atoms in total. The zero-order valence-electron chi connectivity index (χ0n) is 7.90. The van der Waals surface area contributed by atoms with E-state index in [1.807, 2.05) is 19.2 Å². The molecule has 1 unspecified atom stereocenters. The topological polar surface area (TPSA) is 37.8 Å². The predicted molar refractivity (Wildman–Crippen MR) is 53.3 cm³/mol. The summed E-state index contributed by atoms with van der Waals surface area (Å²) in [6, 6.07) is 2.34. The highest BCUT2D eigenvalue weighted by Crippen LogP contribution is 2.15. The zero-order valence-corrected chi connectivity index (χ0v) is 7.90. The first-order valence-corrected chi connectivity index (χ1v) is 4.43. The number of nitrogens with zero attached hydrogens (tertiary/aromatic N) is 2. The molecule has 0 spiro atoms. The van der Waals surface area contributed by atoms with Crippen molar-refractivity contribution in [3.05, 3.63) is 36.7 Å². The summed E-state index contributed by atoms with van der Waals surface area (Å²) in [4.78, 5) is 0. The fraction of sp³-hybridized carbons (Fsp3) is 0.400. The van der Waals surface area contributed by atoms with Gasteiger partial charge in [-0.05, 0) is 31.5 Å². The summed E-state index contributed by atoms with van der Waals surface area (Å²) in [6.45, 7) is 3.70. The molecule has 1 heterocycles. The molecule has 1 aromatic heterocycles. The van der Waals surface area contributed by atoms with Crippen LogP contribution >= 0.6 is 0 Å². The van der Waals surface area contributed by atoms with E-state index in [0.29, 0.717) is 6.04 Å². The Labute approximate surface area is 78.9 Å². The van der Waals surface area contributed by atoms with E-state index >= 15 is 0 Å². The molecule has 0 saturated heterocycles. The third-order valence-electron chi connectivity index (χ3n) is 2.02.